The van der Waals surface area contributed by atoms with E-state index in [0.29, 0.717) is 0 Å². The maximum Gasteiger partial charge on any atom is 0.224 e. The van der Waals surface area contributed by atoms with Gasteiger partial charge < -0.3 is 10.4 Å². The highest BCUT2D eigenvalue weighted by atomic mass is 32.1. The highest BCUT2D eigenvalue weighted by Crippen LogP contribution is 2.29. The Morgan fingerprint density at radius 2 is 2.17 bits per heavy atom. The van der Waals surface area contributed by atoms with Gasteiger partial charge in [0.2, 0.25) is 5.91 Å². The van der Waals surface area contributed by atoms with Gasteiger partial charge in [-0.1, -0.05) is 18.2 Å². The highest BCUT2D eigenvalue weighted by molar-refractivity contribution is 7.19. The zero-order chi connectivity index (χ0) is 16.4. The normalized spacial score (nSPS) is 12.5. The van der Waals surface area contributed by atoms with Crippen molar-refractivity contribution in [3.8, 4) is 0 Å². The molecule has 0 bridgehead atoms. The monoisotopic (exact) mass is 329 g/mol. The smallest absolute Gasteiger partial charge is 0.224 e. The fourth-order valence-electron chi connectivity index (χ4n) is 2.54. The Hall–Kier alpha value is -2.18. The van der Waals surface area contributed by atoms with Crippen molar-refractivity contribution in [3.05, 3.63) is 52.2 Å². The summed E-state index contributed by atoms with van der Waals surface area (Å²) < 4.78 is 1.14. The number of hydrogen-bond acceptors (Lipinski definition) is 4. The Morgan fingerprint density at radius 1 is 1.39 bits per heavy atom. The Labute approximate surface area is 138 Å². The summed E-state index contributed by atoms with van der Waals surface area (Å²) >= 11 is 1.55. The van der Waals surface area contributed by atoms with Crippen molar-refractivity contribution in [2.45, 2.75) is 26.4 Å². The highest BCUT2D eigenvalue weighted by Gasteiger charge is 2.15. The first-order valence-corrected chi connectivity index (χ1v) is 8.30. The Bertz CT molecular complexity index is 785. The molecule has 0 radical (unpaired) electrons. The van der Waals surface area contributed by atoms with Crippen molar-refractivity contribution in [2.75, 3.05) is 6.54 Å². The van der Waals surface area contributed by atoms with E-state index >= 15 is 0 Å². The van der Waals surface area contributed by atoms with Crippen LogP contribution in [-0.4, -0.2) is 27.8 Å². The topological polar surface area (TPSA) is 78.0 Å². The number of H-pyrrole nitrogens is 1. The number of fused-ring (bicyclic) bond motifs is 1. The van der Waals surface area contributed by atoms with Gasteiger partial charge in [0, 0.05) is 27.4 Å². The minimum absolute atomic E-state index is 0.113. The number of nitrogens with zero attached hydrogens (tertiary/aromatic N) is 1. The lowest BCUT2D eigenvalue weighted by Gasteiger charge is -2.10. The van der Waals surface area contributed by atoms with E-state index in [2.05, 4.69) is 15.5 Å². The predicted molar refractivity (Wildman–Crippen MR) is 91.6 cm³/mol. The molecule has 3 aromatic rings. The third kappa shape index (κ3) is 3.43. The number of aliphatic hydroxyl groups is 1. The number of aromatic amines is 1. The summed E-state index contributed by atoms with van der Waals surface area (Å²) in [6.07, 6.45) is -0.421. The molecule has 1 aromatic carbocycles. The number of aliphatic hydroxyl groups excluding tert-OH is 1. The molecule has 0 spiro atoms. The second-order valence-electron chi connectivity index (χ2n) is 5.60. The number of benzene rings is 1. The van der Waals surface area contributed by atoms with Crippen LogP contribution in [0.25, 0.3) is 10.1 Å². The number of thiophene rings is 1. The molecule has 2 heterocycles. The maximum atomic E-state index is 12.1. The van der Waals surface area contributed by atoms with Gasteiger partial charge in [0.15, 0.2) is 0 Å². The minimum atomic E-state index is -0.692. The van der Waals surface area contributed by atoms with E-state index in [-0.39, 0.29) is 18.9 Å². The number of rotatable bonds is 5. The molecule has 0 fully saturated rings. The number of nitrogens with one attached hydrogen (secondary N) is 2. The number of hydrogen-bond donors (Lipinski definition) is 3. The SMILES string of the molecule is Cc1n[nH]c(C)c1CC(=O)NC[C@H](O)c1cc2ccccc2s1. The second kappa shape index (κ2) is 6.52. The van der Waals surface area contributed by atoms with Crippen LogP contribution in [0, 0.1) is 13.8 Å². The van der Waals surface area contributed by atoms with Crippen LogP contribution >= 0.6 is 11.3 Å². The molecule has 0 aliphatic heterocycles. The maximum absolute atomic E-state index is 12.1. The molecular weight excluding hydrogens is 310 g/mol. The van der Waals surface area contributed by atoms with E-state index in [0.717, 1.165) is 31.9 Å². The predicted octanol–water partition coefficient (Wildman–Crippen LogP) is 2.63. The molecule has 1 amide bonds. The standard InChI is InChI=1S/C17H19N3O2S/c1-10-13(11(2)20-19-10)8-17(22)18-9-14(21)16-7-12-5-3-4-6-15(12)23-16/h3-7,14,21H,8-9H2,1-2H3,(H,18,22)(H,19,20)/t14-/m0/s1. The first-order chi connectivity index (χ1) is 11.0. The summed E-state index contributed by atoms with van der Waals surface area (Å²) in [6.45, 7) is 3.98. The summed E-state index contributed by atoms with van der Waals surface area (Å²) in [5.74, 6) is -0.113. The third-order valence-corrected chi connectivity index (χ3v) is 5.10. The summed E-state index contributed by atoms with van der Waals surface area (Å²) in [6, 6.07) is 9.97. The van der Waals surface area contributed by atoms with Crippen LogP contribution in [-0.2, 0) is 11.2 Å². The van der Waals surface area contributed by atoms with Gasteiger partial charge in [-0.05, 0) is 31.4 Å². The summed E-state index contributed by atoms with van der Waals surface area (Å²) in [7, 11) is 0. The van der Waals surface area contributed by atoms with E-state index in [1.54, 1.807) is 11.3 Å². The Kier molecular flexibility index (Phi) is 4.45. The molecule has 0 aliphatic rings. The average molecular weight is 329 g/mol. The molecule has 0 aliphatic carbocycles. The Balaban J connectivity index is 1.60. The first kappa shape index (κ1) is 15.7. The summed E-state index contributed by atoms with van der Waals surface area (Å²) in [5, 5.41) is 21.1. The lowest BCUT2D eigenvalue weighted by molar-refractivity contribution is -0.120. The minimum Gasteiger partial charge on any atom is -0.386 e. The molecule has 3 N–H and O–H groups in total. The van der Waals surface area contributed by atoms with Crippen LogP contribution in [0.5, 0.6) is 0 Å². The molecule has 23 heavy (non-hydrogen) atoms. The van der Waals surface area contributed by atoms with Gasteiger partial charge in [0.05, 0.1) is 12.1 Å². The molecule has 5 nitrogen and oxygen atoms in total. The molecule has 6 heteroatoms. The van der Waals surface area contributed by atoms with Crippen LogP contribution in [0.3, 0.4) is 0 Å². The Morgan fingerprint density at radius 3 is 2.87 bits per heavy atom. The van der Waals surface area contributed by atoms with E-state index < -0.39 is 6.10 Å². The number of carbonyl (C=O) groups excluding carboxylic acids is 1. The molecule has 0 saturated heterocycles. The summed E-state index contributed by atoms with van der Waals surface area (Å²) in [4.78, 5) is 12.9. The second-order valence-corrected chi connectivity index (χ2v) is 6.71. The van der Waals surface area contributed by atoms with Gasteiger partial charge in [-0.2, -0.15) is 5.10 Å². The van der Waals surface area contributed by atoms with Crippen molar-refractivity contribution in [2.24, 2.45) is 0 Å². The van der Waals surface area contributed by atoms with Gasteiger partial charge in [-0.3, -0.25) is 9.89 Å². The lowest BCUT2D eigenvalue weighted by atomic mass is 10.1. The van der Waals surface area contributed by atoms with E-state index in [9.17, 15) is 9.90 Å². The van der Waals surface area contributed by atoms with Crippen LogP contribution in [0.1, 0.15) is 27.9 Å². The molecule has 120 valence electrons. The van der Waals surface area contributed by atoms with Crippen molar-refractivity contribution in [3.63, 3.8) is 0 Å². The molecule has 1 atom stereocenters. The molecule has 0 saturated carbocycles. The van der Waals surface area contributed by atoms with Crippen molar-refractivity contribution >= 4 is 27.3 Å². The largest absolute Gasteiger partial charge is 0.386 e. The van der Waals surface area contributed by atoms with Crippen molar-refractivity contribution in [1.29, 1.82) is 0 Å². The molecular formula is C17H19N3O2S. The van der Waals surface area contributed by atoms with Crippen LogP contribution in [0.15, 0.2) is 30.3 Å². The zero-order valence-corrected chi connectivity index (χ0v) is 13.9. The van der Waals surface area contributed by atoms with Gasteiger partial charge in [0.25, 0.3) is 0 Å². The third-order valence-electron chi connectivity index (χ3n) is 3.88. The van der Waals surface area contributed by atoms with E-state index in [1.807, 2.05) is 44.2 Å². The number of amides is 1. The number of carbonyl (C=O) groups is 1. The van der Waals surface area contributed by atoms with Gasteiger partial charge in [0.1, 0.15) is 6.10 Å². The van der Waals surface area contributed by atoms with Gasteiger partial charge in [-0.15, -0.1) is 11.3 Å². The van der Waals surface area contributed by atoms with Crippen LogP contribution < -0.4 is 5.32 Å². The first-order valence-electron chi connectivity index (χ1n) is 7.48. The quantitative estimate of drug-likeness (QED) is 0.673. The number of aryl methyl sites for hydroxylation is 2. The average Bonchev–Trinajstić information content (AvgIpc) is 3.11. The van der Waals surface area contributed by atoms with Crippen LogP contribution in [0.2, 0.25) is 0 Å². The fraction of sp³-hybridized carbons (Fsp3) is 0.294. The number of aromatic nitrogens is 2. The zero-order valence-electron chi connectivity index (χ0n) is 13.1. The van der Waals surface area contributed by atoms with Crippen LogP contribution in [0.4, 0.5) is 0 Å². The molecule has 0 unspecified atom stereocenters. The van der Waals surface area contributed by atoms with Gasteiger partial charge >= 0.3 is 0 Å². The van der Waals surface area contributed by atoms with Gasteiger partial charge in [-0.25, -0.2) is 0 Å². The molecule has 3 rings (SSSR count). The molecule has 2 aromatic heterocycles. The summed E-state index contributed by atoms with van der Waals surface area (Å²) in [5.41, 5.74) is 2.66. The van der Waals surface area contributed by atoms with Crippen molar-refractivity contribution < 1.29 is 9.90 Å². The van der Waals surface area contributed by atoms with Crippen molar-refractivity contribution in [1.82, 2.24) is 15.5 Å². The fourth-order valence-corrected chi connectivity index (χ4v) is 3.59. The van der Waals surface area contributed by atoms with E-state index in [1.165, 1.54) is 0 Å². The van der Waals surface area contributed by atoms with E-state index in [4.69, 9.17) is 0 Å². The lowest BCUT2D eigenvalue weighted by Crippen LogP contribution is -2.29.